The van der Waals surface area contributed by atoms with Crippen LogP contribution in [0, 0.1) is 0 Å². The maximum absolute atomic E-state index is 4.40. The van der Waals surface area contributed by atoms with Gasteiger partial charge >= 0.3 is 0 Å². The highest BCUT2D eigenvalue weighted by atomic mass is 15.3. The molecule has 0 fully saturated rings. The Kier molecular flexibility index (Phi) is 3.95. The third-order valence-electron chi connectivity index (χ3n) is 3.23. The number of aryl methyl sites for hydroxylation is 1. The van der Waals surface area contributed by atoms with Gasteiger partial charge < -0.3 is 9.88 Å². The third-order valence-corrected chi connectivity index (χ3v) is 3.23. The molecule has 0 bridgehead atoms. The molecule has 0 amide bonds. The Morgan fingerprint density at radius 2 is 2.19 bits per heavy atom. The monoisotopic (exact) mass is 282 g/mol. The van der Waals surface area contributed by atoms with Gasteiger partial charge in [-0.2, -0.15) is 5.10 Å². The van der Waals surface area contributed by atoms with Gasteiger partial charge in [-0.15, -0.1) is 0 Å². The molecule has 0 saturated carbocycles. The lowest BCUT2D eigenvalue weighted by Gasteiger charge is -2.12. The fraction of sp³-hybridized carbons (Fsp3) is 0.267. The lowest BCUT2D eigenvalue weighted by Crippen LogP contribution is -2.10. The predicted octanol–water partition coefficient (Wildman–Crippen LogP) is 2.49. The van der Waals surface area contributed by atoms with Crippen LogP contribution in [0.15, 0.2) is 49.3 Å². The van der Waals surface area contributed by atoms with Crippen LogP contribution in [-0.2, 0) is 13.1 Å². The molecular formula is C15H18N6. The Morgan fingerprint density at radius 1 is 1.24 bits per heavy atom. The molecule has 1 N–H and O–H groups in total. The van der Waals surface area contributed by atoms with Crippen molar-refractivity contribution in [1.82, 2.24) is 24.3 Å². The van der Waals surface area contributed by atoms with Crippen LogP contribution < -0.4 is 5.32 Å². The van der Waals surface area contributed by atoms with Gasteiger partial charge in [-0.25, -0.2) is 14.6 Å². The van der Waals surface area contributed by atoms with E-state index in [1.54, 1.807) is 17.1 Å². The van der Waals surface area contributed by atoms with Crippen LogP contribution >= 0.6 is 0 Å². The second-order valence-electron chi connectivity index (χ2n) is 4.76. The van der Waals surface area contributed by atoms with Crippen molar-refractivity contribution in [3.63, 3.8) is 0 Å². The maximum Gasteiger partial charge on any atom is 0.176 e. The molecule has 0 aliphatic carbocycles. The van der Waals surface area contributed by atoms with E-state index in [0.717, 1.165) is 30.2 Å². The van der Waals surface area contributed by atoms with Crippen molar-refractivity contribution in [3.05, 3.63) is 55.0 Å². The average molecular weight is 282 g/mol. The highest BCUT2D eigenvalue weighted by Crippen LogP contribution is 2.17. The van der Waals surface area contributed by atoms with Gasteiger partial charge in [0.15, 0.2) is 5.82 Å². The van der Waals surface area contributed by atoms with E-state index in [9.17, 15) is 0 Å². The number of aromatic nitrogens is 5. The number of pyridine rings is 1. The first kappa shape index (κ1) is 13.4. The van der Waals surface area contributed by atoms with Gasteiger partial charge in [-0.1, -0.05) is 6.92 Å². The Morgan fingerprint density at radius 3 is 3.00 bits per heavy atom. The lowest BCUT2D eigenvalue weighted by molar-refractivity contribution is 0.651. The summed E-state index contributed by atoms with van der Waals surface area (Å²) in [5.41, 5.74) is 2.11. The molecular weight excluding hydrogens is 264 g/mol. The van der Waals surface area contributed by atoms with Gasteiger partial charge in [0.2, 0.25) is 0 Å². The molecule has 6 heteroatoms. The summed E-state index contributed by atoms with van der Waals surface area (Å²) < 4.78 is 3.92. The molecule has 0 unspecified atom stereocenters. The molecule has 108 valence electrons. The van der Waals surface area contributed by atoms with Gasteiger partial charge in [0.25, 0.3) is 0 Å². The highest BCUT2D eigenvalue weighted by molar-refractivity contribution is 5.56. The van der Waals surface area contributed by atoms with Gasteiger partial charge in [0.05, 0.1) is 24.3 Å². The number of rotatable bonds is 6. The number of hydrogen-bond donors (Lipinski definition) is 1. The van der Waals surface area contributed by atoms with E-state index in [4.69, 9.17) is 0 Å². The molecule has 3 heterocycles. The van der Waals surface area contributed by atoms with Crippen molar-refractivity contribution >= 4 is 5.69 Å². The normalized spacial score (nSPS) is 10.7. The summed E-state index contributed by atoms with van der Waals surface area (Å²) in [6.45, 7) is 3.85. The van der Waals surface area contributed by atoms with Crippen molar-refractivity contribution < 1.29 is 0 Å². The van der Waals surface area contributed by atoms with Crippen LogP contribution in [0.1, 0.15) is 19.0 Å². The molecule has 3 rings (SSSR count). The minimum atomic E-state index is 0.708. The second kappa shape index (κ2) is 6.21. The summed E-state index contributed by atoms with van der Waals surface area (Å²) >= 11 is 0. The van der Waals surface area contributed by atoms with Crippen molar-refractivity contribution in [2.75, 3.05) is 5.32 Å². The van der Waals surface area contributed by atoms with Gasteiger partial charge in [0, 0.05) is 31.3 Å². The zero-order chi connectivity index (χ0) is 14.5. The Labute approximate surface area is 123 Å². The van der Waals surface area contributed by atoms with Gasteiger partial charge in [-0.05, 0) is 24.6 Å². The zero-order valence-corrected chi connectivity index (χ0v) is 12.0. The Bertz CT molecular complexity index is 686. The summed E-state index contributed by atoms with van der Waals surface area (Å²) in [5, 5.41) is 7.65. The number of imidazole rings is 1. The standard InChI is InChI=1S/C15H18N6/c1-2-8-20-12-16-10-13(20)11-18-14-5-3-6-17-15(14)21-9-4-7-19-21/h3-7,9-10,12,18H,2,8,11H2,1H3. The largest absolute Gasteiger partial charge is 0.376 e. The smallest absolute Gasteiger partial charge is 0.176 e. The van der Waals surface area contributed by atoms with E-state index in [1.807, 2.05) is 36.9 Å². The molecule has 0 saturated heterocycles. The lowest BCUT2D eigenvalue weighted by atomic mass is 10.3. The van der Waals surface area contributed by atoms with Gasteiger partial charge in [-0.3, -0.25) is 0 Å². The molecule has 0 aliphatic rings. The summed E-state index contributed by atoms with van der Waals surface area (Å²) in [6.07, 6.45) is 10.3. The van der Waals surface area contributed by atoms with Crippen molar-refractivity contribution in [3.8, 4) is 5.82 Å². The molecule has 3 aromatic rings. The molecule has 0 aromatic carbocycles. The minimum absolute atomic E-state index is 0.708. The third kappa shape index (κ3) is 2.94. The topological polar surface area (TPSA) is 60.6 Å². The molecule has 21 heavy (non-hydrogen) atoms. The average Bonchev–Trinajstić information content (AvgIpc) is 3.17. The zero-order valence-electron chi connectivity index (χ0n) is 12.0. The number of hydrogen-bond acceptors (Lipinski definition) is 4. The highest BCUT2D eigenvalue weighted by Gasteiger charge is 2.07. The minimum Gasteiger partial charge on any atom is -0.376 e. The summed E-state index contributed by atoms with van der Waals surface area (Å²) in [4.78, 5) is 8.61. The number of anilines is 1. The van der Waals surface area contributed by atoms with Crippen LogP contribution in [0.3, 0.4) is 0 Å². The van der Waals surface area contributed by atoms with Crippen molar-refractivity contribution in [1.29, 1.82) is 0 Å². The van der Waals surface area contributed by atoms with Crippen molar-refractivity contribution in [2.24, 2.45) is 0 Å². The maximum atomic E-state index is 4.40. The van der Waals surface area contributed by atoms with E-state index < -0.39 is 0 Å². The number of nitrogens with one attached hydrogen (secondary N) is 1. The van der Waals surface area contributed by atoms with E-state index in [-0.39, 0.29) is 0 Å². The van der Waals surface area contributed by atoms with E-state index in [2.05, 4.69) is 31.9 Å². The summed E-state index contributed by atoms with van der Waals surface area (Å²) in [6, 6.07) is 5.80. The van der Waals surface area contributed by atoms with E-state index in [0.29, 0.717) is 6.54 Å². The van der Waals surface area contributed by atoms with E-state index >= 15 is 0 Å². The fourth-order valence-corrected chi connectivity index (χ4v) is 2.24. The van der Waals surface area contributed by atoms with Crippen LogP contribution in [-0.4, -0.2) is 24.3 Å². The first-order chi connectivity index (χ1) is 10.4. The molecule has 0 atom stereocenters. The molecule has 0 aliphatic heterocycles. The predicted molar refractivity (Wildman–Crippen MR) is 81.2 cm³/mol. The Balaban J connectivity index is 1.78. The molecule has 3 aromatic heterocycles. The molecule has 6 nitrogen and oxygen atoms in total. The van der Waals surface area contributed by atoms with Crippen molar-refractivity contribution in [2.45, 2.75) is 26.4 Å². The quantitative estimate of drug-likeness (QED) is 0.754. The fourth-order valence-electron chi connectivity index (χ4n) is 2.24. The first-order valence-electron chi connectivity index (χ1n) is 7.06. The number of nitrogens with zero attached hydrogens (tertiary/aromatic N) is 5. The first-order valence-corrected chi connectivity index (χ1v) is 7.06. The summed E-state index contributed by atoms with van der Waals surface area (Å²) in [5.74, 6) is 0.795. The van der Waals surface area contributed by atoms with E-state index in [1.165, 1.54) is 0 Å². The Hall–Kier alpha value is -2.63. The van der Waals surface area contributed by atoms with Crippen LogP contribution in [0.5, 0.6) is 0 Å². The van der Waals surface area contributed by atoms with Crippen LogP contribution in [0.4, 0.5) is 5.69 Å². The molecule has 0 radical (unpaired) electrons. The summed E-state index contributed by atoms with van der Waals surface area (Å²) in [7, 11) is 0. The molecule has 0 spiro atoms. The van der Waals surface area contributed by atoms with Crippen LogP contribution in [0.25, 0.3) is 5.82 Å². The van der Waals surface area contributed by atoms with Crippen LogP contribution in [0.2, 0.25) is 0 Å². The van der Waals surface area contributed by atoms with Gasteiger partial charge in [0.1, 0.15) is 0 Å². The second-order valence-corrected chi connectivity index (χ2v) is 4.76. The SMILES string of the molecule is CCCn1cncc1CNc1cccnc1-n1cccn1.